The molecule has 1 amide bonds. The smallest absolute Gasteiger partial charge is 0.248 e. The molecule has 0 unspecified atom stereocenters. The maximum absolute atomic E-state index is 11.9. The van der Waals surface area contributed by atoms with Crippen LogP contribution in [-0.2, 0) is 16.1 Å². The van der Waals surface area contributed by atoms with Crippen LogP contribution in [0.5, 0.6) is 0 Å². The van der Waals surface area contributed by atoms with Gasteiger partial charge in [-0.15, -0.1) is 0 Å². The lowest BCUT2D eigenvalue weighted by Gasteiger charge is -2.21. The van der Waals surface area contributed by atoms with E-state index in [0.717, 1.165) is 11.3 Å². The molecule has 1 aromatic rings. The molecular weight excluding hydrogens is 228 g/mol. The van der Waals surface area contributed by atoms with Crippen molar-refractivity contribution >= 4 is 11.6 Å². The van der Waals surface area contributed by atoms with Crippen LogP contribution in [0.15, 0.2) is 24.3 Å². The van der Waals surface area contributed by atoms with Gasteiger partial charge in [-0.05, 0) is 38.5 Å². The van der Waals surface area contributed by atoms with Crippen LogP contribution in [0.2, 0.25) is 0 Å². The number of rotatable bonds is 6. The molecule has 1 aromatic carbocycles. The summed E-state index contributed by atoms with van der Waals surface area (Å²) in [6.45, 7) is 7.16. The van der Waals surface area contributed by atoms with Crippen LogP contribution in [0.4, 0.5) is 5.69 Å². The summed E-state index contributed by atoms with van der Waals surface area (Å²) in [4.78, 5) is 13.7. The topological polar surface area (TPSA) is 55.6 Å². The molecule has 0 spiro atoms. The first-order valence-electron chi connectivity index (χ1n) is 6.26. The third kappa shape index (κ3) is 4.75. The van der Waals surface area contributed by atoms with E-state index >= 15 is 0 Å². The fourth-order valence-electron chi connectivity index (χ4n) is 1.62. The highest BCUT2D eigenvalue weighted by molar-refractivity contribution is 5.77. The van der Waals surface area contributed by atoms with E-state index in [9.17, 15) is 4.79 Å². The summed E-state index contributed by atoms with van der Waals surface area (Å²) in [5, 5.41) is 0. The summed E-state index contributed by atoms with van der Waals surface area (Å²) >= 11 is 0. The van der Waals surface area contributed by atoms with Crippen molar-refractivity contribution < 1.29 is 9.53 Å². The first kappa shape index (κ1) is 14.5. The van der Waals surface area contributed by atoms with E-state index in [1.165, 1.54) is 0 Å². The molecule has 18 heavy (non-hydrogen) atoms. The maximum Gasteiger partial charge on any atom is 0.248 e. The molecule has 0 radical (unpaired) electrons. The Bertz CT molecular complexity index is 391. The van der Waals surface area contributed by atoms with Crippen molar-refractivity contribution in [3.63, 3.8) is 0 Å². The van der Waals surface area contributed by atoms with Crippen LogP contribution in [0.1, 0.15) is 26.3 Å². The summed E-state index contributed by atoms with van der Waals surface area (Å²) in [6, 6.07) is 7.59. The third-order valence-electron chi connectivity index (χ3n) is 2.60. The number of amides is 1. The number of carbonyl (C=O) groups is 1. The van der Waals surface area contributed by atoms with Gasteiger partial charge < -0.3 is 15.4 Å². The lowest BCUT2D eigenvalue weighted by Crippen LogP contribution is -2.34. The van der Waals surface area contributed by atoms with Crippen LogP contribution >= 0.6 is 0 Å². The van der Waals surface area contributed by atoms with E-state index < -0.39 is 0 Å². The Hall–Kier alpha value is -1.55. The summed E-state index contributed by atoms with van der Waals surface area (Å²) in [6.07, 6.45) is 0.0695. The molecule has 0 aromatic heterocycles. The molecule has 2 N–H and O–H groups in total. The number of benzene rings is 1. The van der Waals surface area contributed by atoms with E-state index in [0.29, 0.717) is 13.1 Å². The van der Waals surface area contributed by atoms with Gasteiger partial charge in [0.05, 0.1) is 6.10 Å². The second kappa shape index (κ2) is 7.01. The Morgan fingerprint density at radius 3 is 2.72 bits per heavy atom. The Balaban J connectivity index is 2.58. The van der Waals surface area contributed by atoms with Crippen LogP contribution in [-0.4, -0.2) is 30.1 Å². The van der Waals surface area contributed by atoms with Crippen molar-refractivity contribution in [2.45, 2.75) is 33.4 Å². The molecule has 0 aliphatic rings. The molecule has 1 rings (SSSR count). The molecule has 0 bridgehead atoms. The number of hydrogen-bond acceptors (Lipinski definition) is 3. The second-order valence-electron chi connectivity index (χ2n) is 4.51. The largest absolute Gasteiger partial charge is 0.399 e. The molecule has 4 heteroatoms. The second-order valence-corrected chi connectivity index (χ2v) is 4.51. The third-order valence-corrected chi connectivity index (χ3v) is 2.60. The van der Waals surface area contributed by atoms with Gasteiger partial charge in [-0.3, -0.25) is 4.79 Å². The molecule has 0 atom stereocenters. The quantitative estimate of drug-likeness (QED) is 0.786. The highest BCUT2D eigenvalue weighted by Gasteiger charge is 2.12. The van der Waals surface area contributed by atoms with Gasteiger partial charge in [0.1, 0.15) is 6.61 Å². The van der Waals surface area contributed by atoms with Gasteiger partial charge in [-0.25, -0.2) is 0 Å². The minimum atomic E-state index is 0.00799. The van der Waals surface area contributed by atoms with Gasteiger partial charge in [0.2, 0.25) is 5.91 Å². The Morgan fingerprint density at radius 2 is 2.17 bits per heavy atom. The van der Waals surface area contributed by atoms with Gasteiger partial charge in [0.15, 0.2) is 0 Å². The molecule has 0 saturated heterocycles. The molecule has 0 aliphatic carbocycles. The van der Waals surface area contributed by atoms with Crippen LogP contribution in [0.3, 0.4) is 0 Å². The van der Waals surface area contributed by atoms with Crippen LogP contribution in [0.25, 0.3) is 0 Å². The zero-order chi connectivity index (χ0) is 13.5. The molecule has 0 aliphatic heterocycles. The van der Waals surface area contributed by atoms with E-state index in [-0.39, 0.29) is 18.6 Å². The Morgan fingerprint density at radius 1 is 1.44 bits per heavy atom. The Labute approximate surface area is 109 Å². The van der Waals surface area contributed by atoms with Crippen molar-refractivity contribution in [1.82, 2.24) is 4.90 Å². The zero-order valence-electron chi connectivity index (χ0n) is 11.3. The number of nitrogen functional groups attached to an aromatic ring is 1. The summed E-state index contributed by atoms with van der Waals surface area (Å²) < 4.78 is 5.33. The van der Waals surface area contributed by atoms with Crippen molar-refractivity contribution in [3.8, 4) is 0 Å². The van der Waals surface area contributed by atoms with Crippen LogP contribution in [0, 0.1) is 0 Å². The summed E-state index contributed by atoms with van der Waals surface area (Å²) in [5.41, 5.74) is 7.48. The molecule has 0 fully saturated rings. The van der Waals surface area contributed by atoms with E-state index in [2.05, 4.69) is 0 Å². The number of ether oxygens (including phenoxy) is 1. The molecule has 4 nitrogen and oxygen atoms in total. The molecule has 0 saturated carbocycles. The highest BCUT2D eigenvalue weighted by Crippen LogP contribution is 2.10. The zero-order valence-corrected chi connectivity index (χ0v) is 11.3. The summed E-state index contributed by atoms with van der Waals surface area (Å²) in [5.74, 6) is 0.00799. The van der Waals surface area contributed by atoms with Gasteiger partial charge in [0.25, 0.3) is 0 Å². The SMILES string of the molecule is CCN(Cc1cccc(N)c1)C(=O)COC(C)C. The van der Waals surface area contributed by atoms with Crippen LogP contribution < -0.4 is 5.73 Å². The number of anilines is 1. The minimum Gasteiger partial charge on any atom is -0.399 e. The number of nitrogens with two attached hydrogens (primary N) is 1. The number of likely N-dealkylation sites (N-methyl/N-ethyl adjacent to an activating group) is 1. The van der Waals surface area contributed by atoms with E-state index in [1.54, 1.807) is 4.90 Å². The lowest BCUT2D eigenvalue weighted by molar-refractivity contribution is -0.138. The number of hydrogen-bond donors (Lipinski definition) is 1. The number of carbonyl (C=O) groups excluding carboxylic acids is 1. The monoisotopic (exact) mass is 250 g/mol. The van der Waals surface area contributed by atoms with E-state index in [4.69, 9.17) is 10.5 Å². The van der Waals surface area contributed by atoms with E-state index in [1.807, 2.05) is 45.0 Å². The normalized spacial score (nSPS) is 10.7. The average molecular weight is 250 g/mol. The standard InChI is InChI=1S/C14H22N2O2/c1-4-16(14(17)10-18-11(2)3)9-12-6-5-7-13(15)8-12/h5-8,11H,4,9-10,15H2,1-3H3. The fraction of sp³-hybridized carbons (Fsp3) is 0.500. The predicted molar refractivity (Wildman–Crippen MR) is 73.0 cm³/mol. The highest BCUT2D eigenvalue weighted by atomic mass is 16.5. The number of nitrogens with zero attached hydrogens (tertiary/aromatic N) is 1. The van der Waals surface area contributed by atoms with Gasteiger partial charge in [0, 0.05) is 18.8 Å². The van der Waals surface area contributed by atoms with Crippen molar-refractivity contribution in [3.05, 3.63) is 29.8 Å². The van der Waals surface area contributed by atoms with Gasteiger partial charge in [-0.1, -0.05) is 12.1 Å². The molecular formula is C14H22N2O2. The molecule has 100 valence electrons. The minimum absolute atomic E-state index is 0.00799. The van der Waals surface area contributed by atoms with Crippen molar-refractivity contribution in [2.75, 3.05) is 18.9 Å². The van der Waals surface area contributed by atoms with Gasteiger partial charge in [-0.2, -0.15) is 0 Å². The maximum atomic E-state index is 11.9. The Kier molecular flexibility index (Phi) is 5.65. The predicted octanol–water partition coefficient (Wildman–Crippen LogP) is 2.04. The summed E-state index contributed by atoms with van der Waals surface area (Å²) in [7, 11) is 0. The van der Waals surface area contributed by atoms with Crippen molar-refractivity contribution in [1.29, 1.82) is 0 Å². The first-order chi connectivity index (χ1) is 8.52. The fourth-order valence-corrected chi connectivity index (χ4v) is 1.62. The average Bonchev–Trinajstić information content (AvgIpc) is 2.33. The lowest BCUT2D eigenvalue weighted by atomic mass is 10.2. The van der Waals surface area contributed by atoms with Gasteiger partial charge >= 0.3 is 0 Å². The first-order valence-corrected chi connectivity index (χ1v) is 6.26. The van der Waals surface area contributed by atoms with Crippen molar-refractivity contribution in [2.24, 2.45) is 0 Å². The molecule has 0 heterocycles.